The summed E-state index contributed by atoms with van der Waals surface area (Å²) in [6.07, 6.45) is 6.84. The van der Waals surface area contributed by atoms with E-state index in [4.69, 9.17) is 0 Å². The van der Waals surface area contributed by atoms with Crippen molar-refractivity contribution < 1.29 is 4.79 Å². The number of carbonyl (C=O) groups excluding carboxylic acids is 1. The van der Waals surface area contributed by atoms with E-state index >= 15 is 0 Å². The Labute approximate surface area is 121 Å². The van der Waals surface area contributed by atoms with Gasteiger partial charge >= 0.3 is 0 Å². The second kappa shape index (κ2) is 3.96. The fourth-order valence-corrected chi connectivity index (χ4v) is 5.87. The molecule has 1 aromatic rings. The topological polar surface area (TPSA) is 17.1 Å². The molecule has 4 rings (SSSR count). The third-order valence-corrected chi connectivity index (χ3v) is 7.01. The van der Waals surface area contributed by atoms with Gasteiger partial charge < -0.3 is 0 Å². The minimum absolute atomic E-state index is 0.0411. The van der Waals surface area contributed by atoms with Crippen molar-refractivity contribution in [2.45, 2.75) is 57.8 Å². The maximum absolute atomic E-state index is 12.6. The molecule has 106 valence electrons. The molecule has 2 fully saturated rings. The molecule has 0 spiro atoms. The molecule has 0 saturated heterocycles. The van der Waals surface area contributed by atoms with Crippen molar-refractivity contribution in [2.24, 2.45) is 17.3 Å². The van der Waals surface area contributed by atoms with Crippen LogP contribution in [0, 0.1) is 17.3 Å². The van der Waals surface area contributed by atoms with Gasteiger partial charge in [-0.05, 0) is 60.5 Å². The standard InChI is InChI=1S/C19H24O/c1-18-12-11-14-8-10-17(20)19(14,2)16(18)9-7-13-5-3-4-6-15(13)18/h3-6,14,16H,7-12H2,1-2H3/t14-,16-,18-,19-/m0/s1. The zero-order chi connectivity index (χ0) is 14.0. The van der Waals surface area contributed by atoms with E-state index < -0.39 is 0 Å². The van der Waals surface area contributed by atoms with Crippen molar-refractivity contribution in [2.75, 3.05) is 0 Å². The Morgan fingerprint density at radius 2 is 1.85 bits per heavy atom. The van der Waals surface area contributed by atoms with Crippen LogP contribution in [0.2, 0.25) is 0 Å². The Morgan fingerprint density at radius 3 is 2.70 bits per heavy atom. The third kappa shape index (κ3) is 1.37. The monoisotopic (exact) mass is 268 g/mol. The van der Waals surface area contributed by atoms with Gasteiger partial charge in [0.1, 0.15) is 5.78 Å². The van der Waals surface area contributed by atoms with Gasteiger partial charge in [0.15, 0.2) is 0 Å². The molecule has 0 aromatic heterocycles. The third-order valence-electron chi connectivity index (χ3n) is 7.01. The lowest BCUT2D eigenvalue weighted by atomic mass is 9.47. The highest BCUT2D eigenvalue weighted by Crippen LogP contribution is 2.62. The SMILES string of the molecule is C[C@]12C(=O)CC[C@H]1CC[C@@]1(C)c3ccccc3CC[C@H]21. The number of rotatable bonds is 0. The van der Waals surface area contributed by atoms with Crippen molar-refractivity contribution in [3.63, 3.8) is 0 Å². The first kappa shape index (κ1) is 12.6. The largest absolute Gasteiger partial charge is 0.299 e. The van der Waals surface area contributed by atoms with E-state index in [0.29, 0.717) is 17.6 Å². The van der Waals surface area contributed by atoms with Gasteiger partial charge in [-0.25, -0.2) is 0 Å². The molecule has 0 aliphatic heterocycles. The Bertz CT molecular complexity index is 575. The molecule has 20 heavy (non-hydrogen) atoms. The first-order valence-electron chi connectivity index (χ1n) is 8.18. The molecule has 1 aromatic carbocycles. The Kier molecular flexibility index (Phi) is 2.50. The van der Waals surface area contributed by atoms with Crippen molar-refractivity contribution in [1.82, 2.24) is 0 Å². The zero-order valence-corrected chi connectivity index (χ0v) is 12.6. The molecule has 2 saturated carbocycles. The van der Waals surface area contributed by atoms with E-state index in [9.17, 15) is 4.79 Å². The molecule has 0 bridgehead atoms. The van der Waals surface area contributed by atoms with Gasteiger partial charge in [0.25, 0.3) is 0 Å². The summed E-state index contributed by atoms with van der Waals surface area (Å²) in [5.74, 6) is 1.76. The Hall–Kier alpha value is -1.11. The molecule has 1 nitrogen and oxygen atoms in total. The quantitative estimate of drug-likeness (QED) is 0.686. The van der Waals surface area contributed by atoms with E-state index in [1.165, 1.54) is 30.4 Å². The first-order valence-corrected chi connectivity index (χ1v) is 8.18. The van der Waals surface area contributed by atoms with Crippen LogP contribution >= 0.6 is 0 Å². The molecule has 0 amide bonds. The van der Waals surface area contributed by atoms with Gasteiger partial charge in [-0.3, -0.25) is 4.79 Å². The van der Waals surface area contributed by atoms with E-state index in [-0.39, 0.29) is 10.8 Å². The van der Waals surface area contributed by atoms with Gasteiger partial charge in [0, 0.05) is 11.8 Å². The summed E-state index contributed by atoms with van der Waals surface area (Å²) in [4.78, 5) is 12.6. The lowest BCUT2D eigenvalue weighted by Gasteiger charge is -2.56. The predicted octanol–water partition coefficient (Wildman–Crippen LogP) is 4.29. The molecule has 3 aliphatic rings. The van der Waals surface area contributed by atoms with Crippen molar-refractivity contribution in [1.29, 1.82) is 0 Å². The van der Waals surface area contributed by atoms with Crippen LogP contribution in [-0.4, -0.2) is 5.78 Å². The molecule has 0 unspecified atom stereocenters. The van der Waals surface area contributed by atoms with Crippen molar-refractivity contribution >= 4 is 5.78 Å². The van der Waals surface area contributed by atoms with E-state index in [1.54, 1.807) is 0 Å². The number of Topliss-reactive ketones (excluding diaryl/α,β-unsaturated/α-hetero) is 1. The summed E-state index contributed by atoms with van der Waals surface area (Å²) in [5, 5.41) is 0. The highest BCUT2D eigenvalue weighted by Gasteiger charge is 2.60. The lowest BCUT2D eigenvalue weighted by molar-refractivity contribution is -0.135. The normalized spacial score (nSPS) is 42.8. The summed E-state index contributed by atoms with van der Waals surface area (Å²) in [5.41, 5.74) is 3.25. The second-order valence-electron chi connectivity index (χ2n) is 7.65. The molecule has 3 aliphatic carbocycles. The van der Waals surface area contributed by atoms with E-state index in [0.717, 1.165) is 19.3 Å². The van der Waals surface area contributed by atoms with E-state index in [2.05, 4.69) is 38.1 Å². The van der Waals surface area contributed by atoms with Crippen LogP contribution in [0.5, 0.6) is 0 Å². The average molecular weight is 268 g/mol. The van der Waals surface area contributed by atoms with Crippen LogP contribution in [0.3, 0.4) is 0 Å². The maximum Gasteiger partial charge on any atom is 0.139 e. The van der Waals surface area contributed by atoms with Crippen LogP contribution in [0.4, 0.5) is 0 Å². The van der Waals surface area contributed by atoms with Crippen LogP contribution < -0.4 is 0 Å². The highest BCUT2D eigenvalue weighted by molar-refractivity contribution is 5.87. The highest BCUT2D eigenvalue weighted by atomic mass is 16.1. The molecular formula is C19H24O. The number of hydrogen-bond acceptors (Lipinski definition) is 1. The predicted molar refractivity (Wildman–Crippen MR) is 80.7 cm³/mol. The van der Waals surface area contributed by atoms with Gasteiger partial charge in [-0.2, -0.15) is 0 Å². The lowest BCUT2D eigenvalue weighted by Crippen LogP contribution is -2.53. The number of carbonyl (C=O) groups is 1. The Balaban J connectivity index is 1.86. The number of benzene rings is 1. The van der Waals surface area contributed by atoms with E-state index in [1.807, 2.05) is 0 Å². The summed E-state index contributed by atoms with van der Waals surface area (Å²) in [7, 11) is 0. The molecule has 4 atom stereocenters. The van der Waals surface area contributed by atoms with Gasteiger partial charge in [-0.15, -0.1) is 0 Å². The molecule has 1 heteroatoms. The summed E-state index contributed by atoms with van der Waals surface area (Å²) >= 11 is 0. The smallest absolute Gasteiger partial charge is 0.139 e. The summed E-state index contributed by atoms with van der Waals surface area (Å²) in [6, 6.07) is 8.96. The molecule has 0 radical (unpaired) electrons. The number of ketones is 1. The minimum Gasteiger partial charge on any atom is -0.299 e. The van der Waals surface area contributed by atoms with Crippen LogP contribution in [0.1, 0.15) is 57.1 Å². The van der Waals surface area contributed by atoms with Gasteiger partial charge in [0.05, 0.1) is 0 Å². The van der Waals surface area contributed by atoms with Gasteiger partial charge in [0.2, 0.25) is 0 Å². The Morgan fingerprint density at radius 1 is 1.05 bits per heavy atom. The molecule has 0 N–H and O–H groups in total. The number of fused-ring (bicyclic) bond motifs is 5. The van der Waals surface area contributed by atoms with Crippen LogP contribution in [-0.2, 0) is 16.6 Å². The second-order valence-corrected chi connectivity index (χ2v) is 7.65. The first-order chi connectivity index (χ1) is 9.57. The average Bonchev–Trinajstić information content (AvgIpc) is 2.75. The maximum atomic E-state index is 12.6. The van der Waals surface area contributed by atoms with Crippen LogP contribution in [0.25, 0.3) is 0 Å². The van der Waals surface area contributed by atoms with Crippen molar-refractivity contribution in [3.8, 4) is 0 Å². The molecular weight excluding hydrogens is 244 g/mol. The van der Waals surface area contributed by atoms with Gasteiger partial charge in [-0.1, -0.05) is 38.1 Å². The van der Waals surface area contributed by atoms with Crippen molar-refractivity contribution in [3.05, 3.63) is 35.4 Å². The summed E-state index contributed by atoms with van der Waals surface area (Å²) in [6.45, 7) is 4.73. The minimum atomic E-state index is -0.0411. The fourth-order valence-electron chi connectivity index (χ4n) is 5.87. The number of aryl methyl sites for hydroxylation is 1. The molecule has 0 heterocycles. The number of hydrogen-bond donors (Lipinski definition) is 0. The summed E-state index contributed by atoms with van der Waals surface area (Å²) < 4.78 is 0. The fraction of sp³-hybridized carbons (Fsp3) is 0.632. The zero-order valence-electron chi connectivity index (χ0n) is 12.6. The van der Waals surface area contributed by atoms with Crippen LogP contribution in [0.15, 0.2) is 24.3 Å².